The fourth-order valence-corrected chi connectivity index (χ4v) is 2.69. The van der Waals surface area contributed by atoms with Crippen LogP contribution >= 0.6 is 11.3 Å². The van der Waals surface area contributed by atoms with E-state index in [1.54, 1.807) is 11.3 Å². The van der Waals surface area contributed by atoms with E-state index in [0.29, 0.717) is 0 Å². The third kappa shape index (κ3) is 4.03. The van der Waals surface area contributed by atoms with Gasteiger partial charge in [-0.2, -0.15) is 0 Å². The number of rotatable bonds is 6. The third-order valence-electron chi connectivity index (χ3n) is 2.91. The Morgan fingerprint density at radius 1 is 1.40 bits per heavy atom. The van der Waals surface area contributed by atoms with E-state index in [2.05, 4.69) is 21.9 Å². The number of hydrogen-bond acceptors (Lipinski definition) is 5. The molecule has 108 valence electrons. The van der Waals surface area contributed by atoms with Gasteiger partial charge in [0.25, 0.3) is 0 Å². The zero-order valence-corrected chi connectivity index (χ0v) is 12.9. The van der Waals surface area contributed by atoms with Crippen molar-refractivity contribution in [1.29, 1.82) is 0 Å². The molecule has 1 atom stereocenters. The molecule has 20 heavy (non-hydrogen) atoms. The molecule has 0 aliphatic rings. The van der Waals surface area contributed by atoms with Gasteiger partial charge in [-0.3, -0.25) is 11.3 Å². The molecular formula is C15H21N3OS. The number of aryl methyl sites for hydroxylation is 1. The number of hydrogen-bond donors (Lipinski definition) is 2. The molecule has 2 rings (SSSR count). The summed E-state index contributed by atoms with van der Waals surface area (Å²) in [4.78, 5) is 4.49. The smallest absolute Gasteiger partial charge is 0.120 e. The van der Waals surface area contributed by atoms with Crippen LogP contribution in [0.3, 0.4) is 0 Å². The minimum Gasteiger partial charge on any atom is -0.491 e. The van der Waals surface area contributed by atoms with Gasteiger partial charge in [-0.25, -0.2) is 4.98 Å². The lowest BCUT2D eigenvalue weighted by atomic mass is 10.0. The topological polar surface area (TPSA) is 60.2 Å². The van der Waals surface area contributed by atoms with Crippen LogP contribution in [0.25, 0.3) is 0 Å². The molecule has 0 amide bonds. The first-order valence-corrected chi connectivity index (χ1v) is 7.60. The molecule has 1 unspecified atom stereocenters. The molecule has 1 aromatic heterocycles. The summed E-state index contributed by atoms with van der Waals surface area (Å²) in [5.41, 5.74) is 5.03. The zero-order valence-electron chi connectivity index (χ0n) is 12.1. The van der Waals surface area contributed by atoms with Crippen molar-refractivity contribution in [1.82, 2.24) is 10.4 Å². The molecule has 5 heteroatoms. The van der Waals surface area contributed by atoms with Crippen LogP contribution in [0.1, 0.15) is 36.2 Å². The molecule has 0 aliphatic heterocycles. The predicted molar refractivity (Wildman–Crippen MR) is 82.8 cm³/mol. The second-order valence-corrected chi connectivity index (χ2v) is 6.08. The molecule has 0 bridgehead atoms. The summed E-state index contributed by atoms with van der Waals surface area (Å²) in [5.74, 6) is 6.56. The number of aromatic nitrogens is 1. The van der Waals surface area contributed by atoms with Gasteiger partial charge in [0.05, 0.1) is 22.8 Å². The molecule has 4 nitrogen and oxygen atoms in total. The average molecular weight is 291 g/mol. The Balaban J connectivity index is 2.14. The van der Waals surface area contributed by atoms with Gasteiger partial charge in [-0.05, 0) is 38.5 Å². The number of hydrazine groups is 1. The molecule has 0 saturated heterocycles. The lowest BCUT2D eigenvalue weighted by Crippen LogP contribution is -2.29. The van der Waals surface area contributed by atoms with Gasteiger partial charge in [-0.1, -0.05) is 12.1 Å². The molecule has 3 N–H and O–H groups in total. The van der Waals surface area contributed by atoms with Crippen molar-refractivity contribution in [3.05, 3.63) is 45.9 Å². The van der Waals surface area contributed by atoms with Crippen molar-refractivity contribution < 1.29 is 4.74 Å². The van der Waals surface area contributed by atoms with Gasteiger partial charge in [0, 0.05) is 11.8 Å². The largest absolute Gasteiger partial charge is 0.491 e. The summed E-state index contributed by atoms with van der Waals surface area (Å²) < 4.78 is 5.72. The normalized spacial score (nSPS) is 12.7. The van der Waals surface area contributed by atoms with Crippen molar-refractivity contribution in [2.75, 3.05) is 0 Å². The highest BCUT2D eigenvalue weighted by molar-refractivity contribution is 7.09. The molecular weight excluding hydrogens is 270 g/mol. The highest BCUT2D eigenvalue weighted by Gasteiger charge is 2.13. The lowest BCUT2D eigenvalue weighted by Gasteiger charge is -2.17. The van der Waals surface area contributed by atoms with Crippen molar-refractivity contribution in [3.8, 4) is 5.75 Å². The van der Waals surface area contributed by atoms with Gasteiger partial charge < -0.3 is 4.74 Å². The average Bonchev–Trinajstić information content (AvgIpc) is 2.81. The van der Waals surface area contributed by atoms with E-state index in [4.69, 9.17) is 10.6 Å². The van der Waals surface area contributed by atoms with Crippen molar-refractivity contribution >= 4 is 11.3 Å². The molecule has 1 heterocycles. The van der Waals surface area contributed by atoms with Crippen LogP contribution in [0, 0.1) is 6.92 Å². The van der Waals surface area contributed by atoms with Crippen molar-refractivity contribution in [2.24, 2.45) is 5.84 Å². The van der Waals surface area contributed by atoms with Crippen LogP contribution in [0.15, 0.2) is 29.6 Å². The number of nitrogens with two attached hydrogens (primary N) is 1. The monoisotopic (exact) mass is 291 g/mol. The van der Waals surface area contributed by atoms with E-state index < -0.39 is 0 Å². The Morgan fingerprint density at radius 3 is 2.80 bits per heavy atom. The molecule has 0 aliphatic carbocycles. The quantitative estimate of drug-likeness (QED) is 0.634. The first kappa shape index (κ1) is 15.0. The standard InChI is InChI=1S/C15H21N3OS/c1-10(2)19-14-6-4-5-12(7-14)15(18-16)8-13-9-20-11(3)17-13/h4-7,9-10,15,18H,8,16H2,1-3H3. The summed E-state index contributed by atoms with van der Waals surface area (Å²) in [6, 6.07) is 8.07. The first-order valence-electron chi connectivity index (χ1n) is 6.72. The van der Waals surface area contributed by atoms with Gasteiger partial charge in [0.1, 0.15) is 5.75 Å². The maximum atomic E-state index is 5.72. The van der Waals surface area contributed by atoms with E-state index >= 15 is 0 Å². The highest BCUT2D eigenvalue weighted by Crippen LogP contribution is 2.23. The van der Waals surface area contributed by atoms with E-state index in [1.807, 2.05) is 39.0 Å². The van der Waals surface area contributed by atoms with E-state index in [1.165, 1.54) is 0 Å². The van der Waals surface area contributed by atoms with Gasteiger partial charge in [0.2, 0.25) is 0 Å². The third-order valence-corrected chi connectivity index (χ3v) is 3.74. The second kappa shape index (κ2) is 6.83. The van der Waals surface area contributed by atoms with Crippen LogP contribution in [0.4, 0.5) is 0 Å². The van der Waals surface area contributed by atoms with Gasteiger partial charge in [0.15, 0.2) is 0 Å². The fraction of sp³-hybridized carbons (Fsp3) is 0.400. The Bertz CT molecular complexity index is 554. The number of thiazole rings is 1. The summed E-state index contributed by atoms with van der Waals surface area (Å²) in [6.45, 7) is 6.04. The maximum absolute atomic E-state index is 5.72. The van der Waals surface area contributed by atoms with E-state index in [-0.39, 0.29) is 12.1 Å². The number of nitrogens with zero attached hydrogens (tertiary/aromatic N) is 1. The Labute approximate surface area is 124 Å². The second-order valence-electron chi connectivity index (χ2n) is 5.02. The lowest BCUT2D eigenvalue weighted by molar-refractivity contribution is 0.242. The summed E-state index contributed by atoms with van der Waals surface area (Å²) in [5, 5.41) is 3.15. The molecule has 0 saturated carbocycles. The fourth-order valence-electron chi connectivity index (χ4n) is 2.06. The Morgan fingerprint density at radius 2 is 2.20 bits per heavy atom. The number of benzene rings is 1. The summed E-state index contributed by atoms with van der Waals surface area (Å²) >= 11 is 1.66. The van der Waals surface area contributed by atoms with Crippen molar-refractivity contribution in [2.45, 2.75) is 39.3 Å². The first-order chi connectivity index (χ1) is 9.58. The molecule has 0 fully saturated rings. The zero-order chi connectivity index (χ0) is 14.5. The summed E-state index contributed by atoms with van der Waals surface area (Å²) in [6.07, 6.45) is 0.933. The summed E-state index contributed by atoms with van der Waals surface area (Å²) in [7, 11) is 0. The van der Waals surface area contributed by atoms with E-state index in [0.717, 1.165) is 28.4 Å². The van der Waals surface area contributed by atoms with E-state index in [9.17, 15) is 0 Å². The Kier molecular flexibility index (Phi) is 5.11. The van der Waals surface area contributed by atoms with Crippen LogP contribution in [0.2, 0.25) is 0 Å². The molecule has 0 radical (unpaired) electrons. The Hall–Kier alpha value is -1.43. The minimum absolute atomic E-state index is 0.0345. The van der Waals surface area contributed by atoms with Crippen molar-refractivity contribution in [3.63, 3.8) is 0 Å². The van der Waals surface area contributed by atoms with Gasteiger partial charge >= 0.3 is 0 Å². The number of nitrogens with one attached hydrogen (secondary N) is 1. The van der Waals surface area contributed by atoms with Gasteiger partial charge in [-0.15, -0.1) is 11.3 Å². The van der Waals surface area contributed by atoms with Crippen LogP contribution in [-0.4, -0.2) is 11.1 Å². The van der Waals surface area contributed by atoms with Crippen LogP contribution in [-0.2, 0) is 6.42 Å². The SMILES string of the molecule is Cc1nc(CC(NN)c2cccc(OC(C)C)c2)cs1. The molecule has 1 aromatic carbocycles. The molecule has 2 aromatic rings. The maximum Gasteiger partial charge on any atom is 0.120 e. The van der Waals surface area contributed by atoms with Crippen LogP contribution < -0.4 is 16.0 Å². The van der Waals surface area contributed by atoms with Crippen LogP contribution in [0.5, 0.6) is 5.75 Å². The highest BCUT2D eigenvalue weighted by atomic mass is 32.1. The predicted octanol–water partition coefficient (Wildman–Crippen LogP) is 2.99. The number of ether oxygens (including phenoxy) is 1. The molecule has 0 spiro atoms. The minimum atomic E-state index is 0.0345.